The SMILES string of the molecule is CCC(NC(=O)[C@H]1CCCN1)c1cccs1. The maximum Gasteiger partial charge on any atom is 0.237 e. The van der Waals surface area contributed by atoms with E-state index in [2.05, 4.69) is 29.0 Å². The Labute approximate surface area is 100 Å². The lowest BCUT2D eigenvalue weighted by atomic mass is 10.1. The van der Waals surface area contributed by atoms with Crippen molar-refractivity contribution in [3.05, 3.63) is 22.4 Å². The zero-order valence-corrected chi connectivity index (χ0v) is 10.3. The van der Waals surface area contributed by atoms with Gasteiger partial charge in [0.1, 0.15) is 0 Å². The summed E-state index contributed by atoms with van der Waals surface area (Å²) in [6, 6.07) is 4.31. The third kappa shape index (κ3) is 2.62. The summed E-state index contributed by atoms with van der Waals surface area (Å²) in [6.07, 6.45) is 3.01. The molecule has 4 heteroatoms. The van der Waals surface area contributed by atoms with Crippen molar-refractivity contribution < 1.29 is 4.79 Å². The first kappa shape index (κ1) is 11.6. The lowest BCUT2D eigenvalue weighted by molar-refractivity contribution is -0.123. The molecule has 3 nitrogen and oxygen atoms in total. The van der Waals surface area contributed by atoms with Gasteiger partial charge in [0.05, 0.1) is 12.1 Å². The molecule has 2 rings (SSSR count). The Kier molecular flexibility index (Phi) is 3.96. The van der Waals surface area contributed by atoms with E-state index in [1.54, 1.807) is 11.3 Å². The Morgan fingerprint density at radius 1 is 1.75 bits per heavy atom. The van der Waals surface area contributed by atoms with Gasteiger partial charge in [-0.25, -0.2) is 0 Å². The predicted octanol–water partition coefficient (Wildman–Crippen LogP) is 2.07. The fraction of sp³-hybridized carbons (Fsp3) is 0.583. The standard InChI is InChI=1S/C12H18N2OS/c1-2-9(11-6-4-8-16-11)14-12(15)10-5-3-7-13-10/h4,6,8-10,13H,2-3,5,7H2,1H3,(H,14,15)/t9?,10-/m1/s1. The second-order valence-corrected chi connectivity index (χ2v) is 5.11. The molecule has 0 saturated carbocycles. The molecular formula is C12H18N2OS. The van der Waals surface area contributed by atoms with Crippen LogP contribution in [0.1, 0.15) is 37.1 Å². The van der Waals surface area contributed by atoms with Crippen molar-refractivity contribution in [2.24, 2.45) is 0 Å². The van der Waals surface area contributed by atoms with Crippen LogP contribution in [0.2, 0.25) is 0 Å². The van der Waals surface area contributed by atoms with Crippen LogP contribution in [0.25, 0.3) is 0 Å². The second kappa shape index (κ2) is 5.46. The summed E-state index contributed by atoms with van der Waals surface area (Å²) in [7, 11) is 0. The highest BCUT2D eigenvalue weighted by molar-refractivity contribution is 7.10. The van der Waals surface area contributed by atoms with E-state index < -0.39 is 0 Å². The fourth-order valence-corrected chi connectivity index (χ4v) is 2.91. The number of rotatable bonds is 4. The molecular weight excluding hydrogens is 220 g/mol. The van der Waals surface area contributed by atoms with Crippen molar-refractivity contribution in [1.29, 1.82) is 0 Å². The molecule has 1 amide bonds. The molecule has 0 aliphatic carbocycles. The molecule has 1 aliphatic heterocycles. The molecule has 0 spiro atoms. The van der Waals surface area contributed by atoms with E-state index in [1.807, 2.05) is 6.07 Å². The second-order valence-electron chi connectivity index (χ2n) is 4.13. The van der Waals surface area contributed by atoms with E-state index in [4.69, 9.17) is 0 Å². The molecule has 2 heterocycles. The van der Waals surface area contributed by atoms with Crippen LogP contribution in [0.3, 0.4) is 0 Å². The van der Waals surface area contributed by atoms with Crippen LogP contribution in [-0.4, -0.2) is 18.5 Å². The van der Waals surface area contributed by atoms with E-state index in [0.717, 1.165) is 25.8 Å². The Morgan fingerprint density at radius 3 is 3.19 bits per heavy atom. The van der Waals surface area contributed by atoms with Crippen molar-refractivity contribution in [2.45, 2.75) is 38.3 Å². The Hall–Kier alpha value is -0.870. The summed E-state index contributed by atoms with van der Waals surface area (Å²) in [4.78, 5) is 13.2. The van der Waals surface area contributed by atoms with Gasteiger partial charge in [0.2, 0.25) is 5.91 Å². The summed E-state index contributed by atoms with van der Waals surface area (Å²) in [5, 5.41) is 8.40. The molecule has 1 saturated heterocycles. The largest absolute Gasteiger partial charge is 0.347 e. The van der Waals surface area contributed by atoms with Crippen molar-refractivity contribution in [3.8, 4) is 0 Å². The molecule has 1 unspecified atom stereocenters. The minimum atomic E-state index is 0.0222. The Balaban J connectivity index is 1.93. The minimum absolute atomic E-state index is 0.0222. The molecule has 0 aromatic carbocycles. The van der Waals surface area contributed by atoms with Crippen LogP contribution in [-0.2, 0) is 4.79 Å². The average Bonchev–Trinajstić information content (AvgIpc) is 2.96. The van der Waals surface area contributed by atoms with Crippen LogP contribution >= 0.6 is 11.3 Å². The van der Waals surface area contributed by atoms with Crippen molar-refractivity contribution in [1.82, 2.24) is 10.6 Å². The Morgan fingerprint density at radius 2 is 2.62 bits per heavy atom. The first-order valence-electron chi connectivity index (χ1n) is 5.88. The smallest absolute Gasteiger partial charge is 0.237 e. The lowest BCUT2D eigenvalue weighted by Crippen LogP contribution is -2.41. The van der Waals surface area contributed by atoms with E-state index in [0.29, 0.717) is 0 Å². The van der Waals surface area contributed by atoms with Gasteiger partial charge in [-0.1, -0.05) is 13.0 Å². The van der Waals surface area contributed by atoms with Crippen molar-refractivity contribution in [2.75, 3.05) is 6.54 Å². The molecule has 88 valence electrons. The molecule has 0 radical (unpaired) electrons. The highest BCUT2D eigenvalue weighted by Gasteiger charge is 2.24. The van der Waals surface area contributed by atoms with Crippen LogP contribution < -0.4 is 10.6 Å². The highest BCUT2D eigenvalue weighted by Crippen LogP contribution is 2.22. The van der Waals surface area contributed by atoms with Crippen molar-refractivity contribution in [3.63, 3.8) is 0 Å². The average molecular weight is 238 g/mol. The first-order valence-corrected chi connectivity index (χ1v) is 6.76. The molecule has 2 N–H and O–H groups in total. The summed E-state index contributed by atoms with van der Waals surface area (Å²) in [6.45, 7) is 3.07. The predicted molar refractivity (Wildman–Crippen MR) is 66.5 cm³/mol. The first-order chi connectivity index (χ1) is 7.81. The van der Waals surface area contributed by atoms with Crippen LogP contribution in [0.4, 0.5) is 0 Å². The van der Waals surface area contributed by atoms with Gasteiger partial charge in [0, 0.05) is 4.88 Å². The Bertz CT molecular complexity index is 331. The van der Waals surface area contributed by atoms with Gasteiger partial charge in [0.25, 0.3) is 0 Å². The van der Waals surface area contributed by atoms with Gasteiger partial charge in [-0.3, -0.25) is 4.79 Å². The topological polar surface area (TPSA) is 41.1 Å². The minimum Gasteiger partial charge on any atom is -0.347 e. The zero-order chi connectivity index (χ0) is 11.4. The summed E-state index contributed by atoms with van der Waals surface area (Å²) in [5.41, 5.74) is 0. The number of carbonyl (C=O) groups excluding carboxylic acids is 1. The van der Waals surface area contributed by atoms with Gasteiger partial charge < -0.3 is 10.6 Å². The third-order valence-electron chi connectivity index (χ3n) is 2.99. The number of nitrogens with one attached hydrogen (secondary N) is 2. The number of hydrogen-bond acceptors (Lipinski definition) is 3. The number of amides is 1. The van der Waals surface area contributed by atoms with Crippen molar-refractivity contribution >= 4 is 17.2 Å². The quantitative estimate of drug-likeness (QED) is 0.843. The molecule has 1 fully saturated rings. The highest BCUT2D eigenvalue weighted by atomic mass is 32.1. The fourth-order valence-electron chi connectivity index (χ4n) is 2.04. The van der Waals surface area contributed by atoms with E-state index >= 15 is 0 Å². The molecule has 1 aromatic rings. The van der Waals surface area contributed by atoms with E-state index in [-0.39, 0.29) is 18.0 Å². The third-order valence-corrected chi connectivity index (χ3v) is 3.97. The summed E-state index contributed by atoms with van der Waals surface area (Å²) in [5.74, 6) is 0.151. The van der Waals surface area contributed by atoms with Crippen LogP contribution in [0, 0.1) is 0 Å². The monoisotopic (exact) mass is 238 g/mol. The van der Waals surface area contributed by atoms with E-state index in [1.165, 1.54) is 4.88 Å². The van der Waals surface area contributed by atoms with Gasteiger partial charge >= 0.3 is 0 Å². The summed E-state index contributed by atoms with van der Waals surface area (Å²) < 4.78 is 0. The lowest BCUT2D eigenvalue weighted by Gasteiger charge is -2.18. The normalized spacial score (nSPS) is 21.9. The molecule has 0 bridgehead atoms. The number of hydrogen-bond donors (Lipinski definition) is 2. The number of thiophene rings is 1. The maximum absolute atomic E-state index is 11.9. The number of carbonyl (C=O) groups is 1. The van der Waals surface area contributed by atoms with Gasteiger partial charge in [-0.05, 0) is 37.3 Å². The van der Waals surface area contributed by atoms with Crippen LogP contribution in [0.5, 0.6) is 0 Å². The van der Waals surface area contributed by atoms with Crippen LogP contribution in [0.15, 0.2) is 17.5 Å². The molecule has 1 aromatic heterocycles. The molecule has 16 heavy (non-hydrogen) atoms. The molecule has 2 atom stereocenters. The van der Waals surface area contributed by atoms with E-state index in [9.17, 15) is 4.79 Å². The van der Waals surface area contributed by atoms with Gasteiger partial charge in [-0.2, -0.15) is 0 Å². The summed E-state index contributed by atoms with van der Waals surface area (Å²) >= 11 is 1.71. The van der Waals surface area contributed by atoms with Gasteiger partial charge in [-0.15, -0.1) is 11.3 Å². The zero-order valence-electron chi connectivity index (χ0n) is 9.53. The van der Waals surface area contributed by atoms with Gasteiger partial charge in [0.15, 0.2) is 0 Å². The molecule has 1 aliphatic rings. The maximum atomic E-state index is 11.9.